The summed E-state index contributed by atoms with van der Waals surface area (Å²) < 4.78 is 5.34. The first-order valence-corrected chi connectivity index (χ1v) is 7.34. The second kappa shape index (κ2) is 5.89. The monoisotopic (exact) mass is 295 g/mol. The van der Waals surface area contributed by atoms with E-state index in [4.69, 9.17) is 4.74 Å². The number of hydrogen-bond acceptors (Lipinski definition) is 4. The van der Waals surface area contributed by atoms with Crippen LogP contribution in [0.2, 0.25) is 0 Å². The maximum Gasteiger partial charge on any atom is 0.355 e. The Morgan fingerprint density at radius 1 is 1.00 bits per heavy atom. The Bertz CT molecular complexity index is 748. The number of nitrogens with zero attached hydrogens (tertiary/aromatic N) is 1. The fraction of sp³-hybridized carbons (Fsp3) is 0.0588. The first kappa shape index (κ1) is 13.5. The fourth-order valence-electron chi connectivity index (χ4n) is 1.96. The van der Waals surface area contributed by atoms with E-state index in [1.807, 2.05) is 49.4 Å². The average Bonchev–Trinajstić information content (AvgIpc) is 2.96. The van der Waals surface area contributed by atoms with E-state index >= 15 is 0 Å². The highest BCUT2D eigenvalue weighted by molar-refractivity contribution is 7.13. The van der Waals surface area contributed by atoms with Crippen molar-refractivity contribution in [2.45, 2.75) is 6.92 Å². The van der Waals surface area contributed by atoms with Gasteiger partial charge in [0.2, 0.25) is 0 Å². The molecule has 3 aromatic rings. The summed E-state index contributed by atoms with van der Waals surface area (Å²) in [7, 11) is 0. The fourth-order valence-corrected chi connectivity index (χ4v) is 2.61. The van der Waals surface area contributed by atoms with Crippen molar-refractivity contribution < 1.29 is 9.53 Å². The molecule has 0 aliphatic rings. The first-order chi connectivity index (χ1) is 10.2. The molecule has 0 amide bonds. The number of aryl methyl sites for hydroxylation is 1. The number of benzene rings is 2. The minimum atomic E-state index is -0.368. The lowest BCUT2D eigenvalue weighted by Gasteiger charge is -2.05. The van der Waals surface area contributed by atoms with Crippen LogP contribution in [0.1, 0.15) is 14.7 Å². The smallest absolute Gasteiger partial charge is 0.355 e. The van der Waals surface area contributed by atoms with E-state index in [9.17, 15) is 4.79 Å². The van der Waals surface area contributed by atoms with Crippen molar-refractivity contribution in [3.05, 3.63) is 70.7 Å². The highest BCUT2D eigenvalue weighted by Gasteiger charge is 2.11. The van der Waals surface area contributed by atoms with Gasteiger partial charge in [-0.25, -0.2) is 9.78 Å². The van der Waals surface area contributed by atoms with Crippen molar-refractivity contribution in [1.29, 1.82) is 0 Å². The van der Waals surface area contributed by atoms with Crippen LogP contribution in [-0.4, -0.2) is 11.0 Å². The van der Waals surface area contributed by atoms with Gasteiger partial charge in [0.05, 0.1) is 11.2 Å². The van der Waals surface area contributed by atoms with E-state index in [0.717, 1.165) is 16.1 Å². The van der Waals surface area contributed by atoms with Gasteiger partial charge < -0.3 is 4.74 Å². The Kier molecular flexibility index (Phi) is 3.79. The number of hydrogen-bond donors (Lipinski definition) is 0. The van der Waals surface area contributed by atoms with Crippen LogP contribution in [0.4, 0.5) is 0 Å². The molecule has 0 unspecified atom stereocenters. The lowest BCUT2D eigenvalue weighted by Crippen LogP contribution is -2.06. The SMILES string of the molecule is Cc1ncc(C(=O)Oc2ccc(-c3ccccc3)cc2)s1. The predicted molar refractivity (Wildman–Crippen MR) is 83.7 cm³/mol. The minimum absolute atomic E-state index is 0.368. The molecule has 4 heteroatoms. The Balaban J connectivity index is 1.74. The van der Waals surface area contributed by atoms with Crippen molar-refractivity contribution in [1.82, 2.24) is 4.98 Å². The van der Waals surface area contributed by atoms with Gasteiger partial charge >= 0.3 is 5.97 Å². The van der Waals surface area contributed by atoms with Crippen LogP contribution in [-0.2, 0) is 0 Å². The molecule has 1 heterocycles. The van der Waals surface area contributed by atoms with Gasteiger partial charge in [0.15, 0.2) is 0 Å². The summed E-state index contributed by atoms with van der Waals surface area (Å²) in [6.07, 6.45) is 1.54. The van der Waals surface area contributed by atoms with E-state index in [1.54, 1.807) is 18.3 Å². The van der Waals surface area contributed by atoms with E-state index in [2.05, 4.69) is 4.98 Å². The zero-order valence-electron chi connectivity index (χ0n) is 11.4. The molecule has 0 aliphatic carbocycles. The van der Waals surface area contributed by atoms with Crippen LogP contribution in [0, 0.1) is 6.92 Å². The van der Waals surface area contributed by atoms with Gasteiger partial charge in [-0.15, -0.1) is 11.3 Å². The van der Waals surface area contributed by atoms with Crippen molar-refractivity contribution in [3.8, 4) is 16.9 Å². The summed E-state index contributed by atoms with van der Waals surface area (Å²) in [5.74, 6) is 0.166. The van der Waals surface area contributed by atoms with E-state index < -0.39 is 0 Å². The minimum Gasteiger partial charge on any atom is -0.422 e. The Hall–Kier alpha value is -2.46. The highest BCUT2D eigenvalue weighted by atomic mass is 32.1. The number of ether oxygens (including phenoxy) is 1. The number of rotatable bonds is 3. The van der Waals surface area contributed by atoms with Gasteiger partial charge in [0.25, 0.3) is 0 Å². The molecule has 2 aromatic carbocycles. The maximum absolute atomic E-state index is 11.9. The number of carbonyl (C=O) groups is 1. The maximum atomic E-state index is 11.9. The van der Waals surface area contributed by atoms with Crippen LogP contribution in [0.5, 0.6) is 5.75 Å². The zero-order valence-corrected chi connectivity index (χ0v) is 12.3. The molecule has 0 N–H and O–H groups in total. The number of thiazole rings is 1. The molecule has 0 aliphatic heterocycles. The van der Waals surface area contributed by atoms with E-state index in [1.165, 1.54) is 11.3 Å². The van der Waals surface area contributed by atoms with E-state index in [-0.39, 0.29) is 5.97 Å². The van der Waals surface area contributed by atoms with Crippen molar-refractivity contribution >= 4 is 17.3 Å². The summed E-state index contributed by atoms with van der Waals surface area (Å²) in [5, 5.41) is 0.848. The van der Waals surface area contributed by atoms with Gasteiger partial charge in [-0.1, -0.05) is 42.5 Å². The molecule has 0 saturated carbocycles. The van der Waals surface area contributed by atoms with Crippen molar-refractivity contribution in [2.24, 2.45) is 0 Å². The predicted octanol–water partition coefficient (Wildman–Crippen LogP) is 4.34. The largest absolute Gasteiger partial charge is 0.422 e. The summed E-state index contributed by atoms with van der Waals surface area (Å²) in [6.45, 7) is 1.86. The molecule has 3 nitrogen and oxygen atoms in total. The molecular weight excluding hydrogens is 282 g/mol. The first-order valence-electron chi connectivity index (χ1n) is 6.52. The third kappa shape index (κ3) is 3.17. The van der Waals surface area contributed by atoms with Gasteiger partial charge in [0.1, 0.15) is 10.6 Å². The zero-order chi connectivity index (χ0) is 14.7. The van der Waals surface area contributed by atoms with Crippen molar-refractivity contribution in [3.63, 3.8) is 0 Å². The number of aromatic nitrogens is 1. The lowest BCUT2D eigenvalue weighted by molar-refractivity contribution is 0.0739. The summed E-state index contributed by atoms with van der Waals surface area (Å²) in [5.41, 5.74) is 2.22. The van der Waals surface area contributed by atoms with Crippen molar-refractivity contribution in [2.75, 3.05) is 0 Å². The molecule has 0 atom stereocenters. The van der Waals surface area contributed by atoms with Gasteiger partial charge in [-0.05, 0) is 30.2 Å². The Morgan fingerprint density at radius 2 is 1.67 bits per heavy atom. The Labute approximate surface area is 126 Å². The molecule has 0 fully saturated rings. The molecule has 104 valence electrons. The molecular formula is C17H13NO2S. The molecule has 0 radical (unpaired) electrons. The van der Waals surface area contributed by atoms with Crippen LogP contribution in [0.25, 0.3) is 11.1 Å². The lowest BCUT2D eigenvalue weighted by atomic mass is 10.1. The van der Waals surface area contributed by atoms with Crippen LogP contribution in [0.3, 0.4) is 0 Å². The molecule has 3 rings (SSSR count). The number of esters is 1. The van der Waals surface area contributed by atoms with Gasteiger partial charge in [-0.3, -0.25) is 0 Å². The van der Waals surface area contributed by atoms with E-state index in [0.29, 0.717) is 10.6 Å². The van der Waals surface area contributed by atoms with Gasteiger partial charge in [0, 0.05) is 0 Å². The molecule has 21 heavy (non-hydrogen) atoms. The third-order valence-corrected chi connectivity index (χ3v) is 3.89. The van der Waals surface area contributed by atoms with Crippen LogP contribution < -0.4 is 4.74 Å². The standard InChI is InChI=1S/C17H13NO2S/c1-12-18-11-16(21-12)17(19)20-15-9-7-14(8-10-15)13-5-3-2-4-6-13/h2-11H,1H3. The second-order valence-corrected chi connectivity index (χ2v) is 5.76. The second-order valence-electron chi connectivity index (χ2n) is 4.52. The Morgan fingerprint density at radius 3 is 2.29 bits per heavy atom. The van der Waals surface area contributed by atoms with Crippen LogP contribution >= 0.6 is 11.3 Å². The highest BCUT2D eigenvalue weighted by Crippen LogP contribution is 2.23. The van der Waals surface area contributed by atoms with Gasteiger partial charge in [-0.2, -0.15) is 0 Å². The number of carbonyl (C=O) groups excluding carboxylic acids is 1. The summed E-state index contributed by atoms with van der Waals surface area (Å²) >= 11 is 1.33. The average molecular weight is 295 g/mol. The molecule has 0 spiro atoms. The topological polar surface area (TPSA) is 39.2 Å². The molecule has 0 saturated heterocycles. The third-order valence-electron chi connectivity index (χ3n) is 2.99. The summed E-state index contributed by atoms with van der Waals surface area (Å²) in [6, 6.07) is 17.5. The summed E-state index contributed by atoms with van der Waals surface area (Å²) in [4.78, 5) is 16.5. The molecule has 1 aromatic heterocycles. The quantitative estimate of drug-likeness (QED) is 0.533. The normalized spacial score (nSPS) is 10.3. The van der Waals surface area contributed by atoms with Crippen LogP contribution in [0.15, 0.2) is 60.8 Å². The molecule has 0 bridgehead atoms.